The van der Waals surface area contributed by atoms with Crippen molar-refractivity contribution in [1.82, 2.24) is 0 Å². The highest BCUT2D eigenvalue weighted by Gasteiger charge is 2.34. The van der Waals surface area contributed by atoms with E-state index < -0.39 is 22.8 Å². The highest BCUT2D eigenvalue weighted by molar-refractivity contribution is 8.00. The average Bonchev–Trinajstić information content (AvgIpc) is 2.84. The maximum Gasteiger partial charge on any atom is 0.238 e. The molecule has 1 saturated heterocycles. The molecule has 0 saturated carbocycles. The van der Waals surface area contributed by atoms with Gasteiger partial charge < -0.3 is 0 Å². The van der Waals surface area contributed by atoms with Gasteiger partial charge in [0.1, 0.15) is 11.2 Å². The fraction of sp³-hybridized carbons (Fsp3) is 0.133. The monoisotopic (exact) mass is 309 g/mol. The number of amides is 1. The van der Waals surface area contributed by atoms with Gasteiger partial charge in [0.2, 0.25) is 5.91 Å². The summed E-state index contributed by atoms with van der Waals surface area (Å²) in [6.07, 6.45) is 0. The van der Waals surface area contributed by atoms with Crippen LogP contribution in [0.3, 0.4) is 0 Å². The lowest BCUT2D eigenvalue weighted by Crippen LogP contribution is -2.27. The topological polar surface area (TPSA) is 20.3 Å². The third-order valence-electron chi connectivity index (χ3n) is 3.18. The molecule has 0 N–H and O–H groups in total. The van der Waals surface area contributed by atoms with Crippen molar-refractivity contribution in [1.29, 1.82) is 0 Å². The van der Waals surface area contributed by atoms with Crippen molar-refractivity contribution in [2.45, 2.75) is 5.37 Å². The molecule has 3 rings (SSSR count). The van der Waals surface area contributed by atoms with Gasteiger partial charge in [0.05, 0.1) is 5.75 Å². The molecule has 1 amide bonds. The van der Waals surface area contributed by atoms with Crippen LogP contribution < -0.4 is 4.90 Å². The van der Waals surface area contributed by atoms with Gasteiger partial charge >= 0.3 is 0 Å². The van der Waals surface area contributed by atoms with Gasteiger partial charge in [-0.1, -0.05) is 12.1 Å². The first-order valence-corrected chi connectivity index (χ1v) is 7.25. The fourth-order valence-electron chi connectivity index (χ4n) is 2.24. The third kappa shape index (κ3) is 2.63. The number of benzene rings is 2. The minimum Gasteiger partial charge on any atom is -0.295 e. The number of hydrogen-bond acceptors (Lipinski definition) is 2. The van der Waals surface area contributed by atoms with Gasteiger partial charge in [0, 0.05) is 5.69 Å². The van der Waals surface area contributed by atoms with Gasteiger partial charge in [-0.25, -0.2) is 13.2 Å². The fourth-order valence-corrected chi connectivity index (χ4v) is 3.41. The van der Waals surface area contributed by atoms with Crippen LogP contribution in [0.1, 0.15) is 10.9 Å². The molecule has 1 fully saturated rings. The van der Waals surface area contributed by atoms with Gasteiger partial charge in [-0.3, -0.25) is 9.69 Å². The summed E-state index contributed by atoms with van der Waals surface area (Å²) in [6, 6.07) is 9.17. The predicted octanol–water partition coefficient (Wildman–Crippen LogP) is 3.88. The molecule has 21 heavy (non-hydrogen) atoms. The number of thioether (sulfide) groups is 1. The van der Waals surface area contributed by atoms with Crippen LogP contribution in [-0.4, -0.2) is 11.7 Å². The van der Waals surface area contributed by atoms with Crippen LogP contribution in [0.2, 0.25) is 0 Å². The van der Waals surface area contributed by atoms with E-state index in [1.807, 2.05) is 0 Å². The molecular formula is C15H10F3NOS. The Morgan fingerprint density at radius 1 is 1.05 bits per heavy atom. The number of anilines is 1. The first kappa shape index (κ1) is 14.0. The molecule has 6 heteroatoms. The molecule has 1 heterocycles. The molecule has 0 bridgehead atoms. The van der Waals surface area contributed by atoms with E-state index in [2.05, 4.69) is 0 Å². The summed E-state index contributed by atoms with van der Waals surface area (Å²) in [5.41, 5.74) is 0.869. The standard InChI is InChI=1S/C15H10F3NOS/c16-10-2-1-3-11(7-10)19-14(20)8-21-15(19)9-4-5-12(17)13(18)6-9/h1-7,15H,8H2. The average molecular weight is 309 g/mol. The van der Waals surface area contributed by atoms with Crippen molar-refractivity contribution < 1.29 is 18.0 Å². The SMILES string of the molecule is O=C1CSC(c2ccc(F)c(F)c2)N1c1cccc(F)c1. The lowest BCUT2D eigenvalue weighted by atomic mass is 10.1. The zero-order chi connectivity index (χ0) is 15.0. The number of hydrogen-bond donors (Lipinski definition) is 0. The summed E-state index contributed by atoms with van der Waals surface area (Å²) >= 11 is 1.29. The Kier molecular flexibility index (Phi) is 3.63. The minimum atomic E-state index is -0.966. The molecule has 0 aromatic heterocycles. The maximum atomic E-state index is 13.4. The Hall–Kier alpha value is -1.95. The van der Waals surface area contributed by atoms with Gasteiger partial charge in [-0.2, -0.15) is 0 Å². The molecule has 0 aliphatic carbocycles. The third-order valence-corrected chi connectivity index (χ3v) is 4.40. The number of carbonyl (C=O) groups is 1. The second-order valence-electron chi connectivity index (χ2n) is 4.58. The van der Waals surface area contributed by atoms with Crippen LogP contribution in [-0.2, 0) is 4.79 Å². The highest BCUT2D eigenvalue weighted by Crippen LogP contribution is 2.42. The van der Waals surface area contributed by atoms with E-state index in [-0.39, 0.29) is 11.7 Å². The molecule has 1 atom stereocenters. The van der Waals surface area contributed by atoms with Crippen LogP contribution in [0, 0.1) is 17.5 Å². The normalized spacial score (nSPS) is 18.3. The van der Waals surface area contributed by atoms with E-state index in [1.54, 1.807) is 6.07 Å². The predicted molar refractivity (Wildman–Crippen MR) is 75.4 cm³/mol. The van der Waals surface area contributed by atoms with Crippen LogP contribution in [0.5, 0.6) is 0 Å². The van der Waals surface area contributed by atoms with Crippen molar-refractivity contribution in [2.24, 2.45) is 0 Å². The first-order chi connectivity index (χ1) is 10.1. The highest BCUT2D eigenvalue weighted by atomic mass is 32.2. The second-order valence-corrected chi connectivity index (χ2v) is 5.65. The van der Waals surface area contributed by atoms with Crippen LogP contribution in [0.15, 0.2) is 42.5 Å². The summed E-state index contributed by atoms with van der Waals surface area (Å²) in [4.78, 5) is 13.4. The summed E-state index contributed by atoms with van der Waals surface area (Å²) in [7, 11) is 0. The van der Waals surface area contributed by atoms with E-state index >= 15 is 0 Å². The summed E-state index contributed by atoms with van der Waals surface area (Å²) in [5.74, 6) is -2.35. The van der Waals surface area contributed by atoms with Crippen molar-refractivity contribution in [3.63, 3.8) is 0 Å². The number of rotatable bonds is 2. The van der Waals surface area contributed by atoms with Crippen molar-refractivity contribution in [3.05, 3.63) is 65.5 Å². The molecule has 2 nitrogen and oxygen atoms in total. The number of halogens is 3. The van der Waals surface area contributed by atoms with Crippen molar-refractivity contribution >= 4 is 23.4 Å². The maximum absolute atomic E-state index is 13.4. The lowest BCUT2D eigenvalue weighted by molar-refractivity contribution is -0.115. The minimum absolute atomic E-state index is 0.194. The van der Waals surface area contributed by atoms with E-state index in [1.165, 1.54) is 40.9 Å². The van der Waals surface area contributed by atoms with Crippen molar-refractivity contribution in [3.8, 4) is 0 Å². The lowest BCUT2D eigenvalue weighted by Gasteiger charge is -2.24. The smallest absolute Gasteiger partial charge is 0.238 e. The van der Waals surface area contributed by atoms with E-state index in [9.17, 15) is 18.0 Å². The molecule has 1 aliphatic rings. The Balaban J connectivity index is 2.01. The van der Waals surface area contributed by atoms with Gasteiger partial charge in [-0.15, -0.1) is 11.8 Å². The molecule has 108 valence electrons. The zero-order valence-corrected chi connectivity index (χ0v) is 11.5. The van der Waals surface area contributed by atoms with Crippen LogP contribution in [0.4, 0.5) is 18.9 Å². The van der Waals surface area contributed by atoms with E-state index in [0.717, 1.165) is 12.1 Å². The van der Waals surface area contributed by atoms with Crippen LogP contribution in [0.25, 0.3) is 0 Å². The zero-order valence-electron chi connectivity index (χ0n) is 10.7. The Morgan fingerprint density at radius 2 is 1.86 bits per heavy atom. The summed E-state index contributed by atoms with van der Waals surface area (Å²) < 4.78 is 39.7. The molecule has 0 spiro atoms. The molecule has 2 aromatic rings. The Morgan fingerprint density at radius 3 is 2.57 bits per heavy atom. The van der Waals surface area contributed by atoms with Gasteiger partial charge in [-0.05, 0) is 35.9 Å². The molecule has 0 radical (unpaired) electrons. The summed E-state index contributed by atoms with van der Waals surface area (Å²) in [6.45, 7) is 0. The quantitative estimate of drug-likeness (QED) is 0.839. The number of carbonyl (C=O) groups excluding carboxylic acids is 1. The van der Waals surface area contributed by atoms with Gasteiger partial charge in [0.25, 0.3) is 0 Å². The Bertz CT molecular complexity index is 707. The molecule has 2 aromatic carbocycles. The largest absolute Gasteiger partial charge is 0.295 e. The summed E-state index contributed by atoms with van der Waals surface area (Å²) in [5, 5.41) is -0.491. The number of nitrogens with zero attached hydrogens (tertiary/aromatic N) is 1. The van der Waals surface area contributed by atoms with E-state index in [0.29, 0.717) is 11.3 Å². The van der Waals surface area contributed by atoms with E-state index in [4.69, 9.17) is 0 Å². The Labute approximate surface area is 123 Å². The molecular weight excluding hydrogens is 299 g/mol. The molecule has 1 unspecified atom stereocenters. The molecule has 1 aliphatic heterocycles. The van der Waals surface area contributed by atoms with Crippen LogP contribution >= 0.6 is 11.8 Å². The van der Waals surface area contributed by atoms with Crippen molar-refractivity contribution in [2.75, 3.05) is 10.7 Å². The first-order valence-electron chi connectivity index (χ1n) is 6.20. The second kappa shape index (κ2) is 5.44. The van der Waals surface area contributed by atoms with Gasteiger partial charge in [0.15, 0.2) is 11.6 Å².